The van der Waals surface area contributed by atoms with Crippen LogP contribution in [-0.4, -0.2) is 35.2 Å². The third-order valence-electron chi connectivity index (χ3n) is 2.89. The molecule has 1 rings (SSSR count). The maximum atomic E-state index is 11.6. The zero-order valence-corrected chi connectivity index (χ0v) is 12.7. The van der Waals surface area contributed by atoms with Gasteiger partial charge < -0.3 is 9.84 Å². The first-order valence-corrected chi connectivity index (χ1v) is 6.94. The van der Waals surface area contributed by atoms with Crippen molar-refractivity contribution in [3.05, 3.63) is 55.1 Å². The predicted molar refractivity (Wildman–Crippen MR) is 84.5 cm³/mol. The van der Waals surface area contributed by atoms with Crippen LogP contribution < -0.4 is 4.74 Å². The molecule has 0 spiro atoms. The first kappa shape index (κ1) is 17.0. The van der Waals surface area contributed by atoms with Crippen LogP contribution in [0.5, 0.6) is 5.75 Å². The number of carboxylic acid groups (broad SMARTS) is 1. The number of aliphatic carboxylic acids is 1. The van der Waals surface area contributed by atoms with Crippen molar-refractivity contribution in [3.8, 4) is 5.75 Å². The third kappa shape index (κ3) is 5.08. The topological polar surface area (TPSA) is 49.8 Å². The van der Waals surface area contributed by atoms with Gasteiger partial charge in [-0.05, 0) is 31.5 Å². The minimum atomic E-state index is -0.892. The second-order valence-corrected chi connectivity index (χ2v) is 5.01. The normalized spacial score (nSPS) is 12.2. The van der Waals surface area contributed by atoms with Gasteiger partial charge in [0.25, 0.3) is 0 Å². The Morgan fingerprint density at radius 1 is 1.24 bits per heavy atom. The van der Waals surface area contributed by atoms with Crippen molar-refractivity contribution < 1.29 is 14.6 Å². The maximum absolute atomic E-state index is 11.6. The minimum absolute atomic E-state index is 0.0872. The molecule has 0 amide bonds. The summed E-state index contributed by atoms with van der Waals surface area (Å²) in [6, 6.07) is 6.44. The van der Waals surface area contributed by atoms with Crippen LogP contribution in [-0.2, 0) is 4.79 Å². The maximum Gasteiger partial charge on any atom is 0.325 e. The molecule has 0 bridgehead atoms. The number of ether oxygens (including phenoxy) is 1. The van der Waals surface area contributed by atoms with Gasteiger partial charge >= 0.3 is 5.97 Å². The van der Waals surface area contributed by atoms with Crippen molar-refractivity contribution in [2.75, 3.05) is 13.1 Å². The number of nitrogens with zero attached hydrogens (tertiary/aromatic N) is 1. The molecule has 1 unspecified atom stereocenters. The number of carboxylic acids is 1. The first-order valence-electron chi connectivity index (χ1n) is 6.94. The van der Waals surface area contributed by atoms with E-state index in [4.69, 9.17) is 4.74 Å². The lowest BCUT2D eigenvalue weighted by Gasteiger charge is -2.27. The molecule has 114 valence electrons. The van der Waals surface area contributed by atoms with Gasteiger partial charge in [-0.1, -0.05) is 24.3 Å². The Hall–Kier alpha value is -2.07. The van der Waals surface area contributed by atoms with Crippen molar-refractivity contribution in [3.63, 3.8) is 0 Å². The van der Waals surface area contributed by atoms with Gasteiger partial charge in [0.05, 0.1) is 6.10 Å². The molecule has 0 radical (unpaired) electrons. The van der Waals surface area contributed by atoms with E-state index in [-0.39, 0.29) is 6.10 Å². The van der Waals surface area contributed by atoms with Crippen molar-refractivity contribution in [2.24, 2.45) is 0 Å². The highest BCUT2D eigenvalue weighted by atomic mass is 16.5. The molecule has 0 heterocycles. The molecule has 0 aliphatic heterocycles. The van der Waals surface area contributed by atoms with Crippen LogP contribution in [0, 0.1) is 0 Å². The van der Waals surface area contributed by atoms with Gasteiger partial charge in [0, 0.05) is 13.1 Å². The molecule has 1 aromatic carbocycles. The lowest BCUT2D eigenvalue weighted by atomic mass is 10.0. The van der Waals surface area contributed by atoms with Crippen LogP contribution >= 0.6 is 0 Å². The number of hydrogen-bond acceptors (Lipinski definition) is 3. The molecule has 1 aromatic rings. The lowest BCUT2D eigenvalue weighted by Crippen LogP contribution is -2.34. The zero-order chi connectivity index (χ0) is 15.8. The second-order valence-electron chi connectivity index (χ2n) is 5.01. The molecule has 4 heteroatoms. The summed E-state index contributed by atoms with van der Waals surface area (Å²) in [6.45, 7) is 12.2. The largest absolute Gasteiger partial charge is 0.491 e. The van der Waals surface area contributed by atoms with E-state index >= 15 is 0 Å². The van der Waals surface area contributed by atoms with E-state index in [2.05, 4.69) is 13.2 Å². The van der Waals surface area contributed by atoms with Crippen LogP contribution in [0.1, 0.15) is 25.5 Å². The Morgan fingerprint density at radius 2 is 1.76 bits per heavy atom. The fourth-order valence-corrected chi connectivity index (χ4v) is 2.13. The molecule has 4 nitrogen and oxygen atoms in total. The molecule has 0 aliphatic carbocycles. The summed E-state index contributed by atoms with van der Waals surface area (Å²) in [5.41, 5.74) is 0.710. The molecule has 0 saturated heterocycles. The van der Waals surface area contributed by atoms with Crippen molar-refractivity contribution >= 4 is 5.97 Å². The summed E-state index contributed by atoms with van der Waals surface area (Å²) in [7, 11) is 0. The van der Waals surface area contributed by atoms with Gasteiger partial charge in [0.2, 0.25) is 0 Å². The van der Waals surface area contributed by atoms with E-state index in [0.29, 0.717) is 18.7 Å². The summed E-state index contributed by atoms with van der Waals surface area (Å²) < 4.78 is 5.57. The fraction of sp³-hybridized carbons (Fsp3) is 0.353. The lowest BCUT2D eigenvalue weighted by molar-refractivity contribution is -0.143. The Labute approximate surface area is 126 Å². The average Bonchev–Trinajstić information content (AvgIpc) is 2.40. The molecule has 0 fully saturated rings. The first-order chi connectivity index (χ1) is 9.99. The monoisotopic (exact) mass is 289 g/mol. The van der Waals surface area contributed by atoms with Crippen molar-refractivity contribution in [2.45, 2.75) is 26.0 Å². The predicted octanol–water partition coefficient (Wildman–Crippen LogP) is 3.27. The summed E-state index contributed by atoms with van der Waals surface area (Å²) in [6.07, 6.45) is 3.47. The van der Waals surface area contributed by atoms with Crippen molar-refractivity contribution in [1.29, 1.82) is 0 Å². The van der Waals surface area contributed by atoms with E-state index in [0.717, 1.165) is 5.75 Å². The van der Waals surface area contributed by atoms with Gasteiger partial charge in [-0.2, -0.15) is 0 Å². The number of rotatable bonds is 9. The molecule has 0 aliphatic rings. The molecular formula is C17H23NO3. The van der Waals surface area contributed by atoms with E-state index in [1.165, 1.54) is 0 Å². The molecule has 0 saturated carbocycles. The second kappa shape index (κ2) is 8.27. The summed E-state index contributed by atoms with van der Waals surface area (Å²) in [5.74, 6) is -0.159. The van der Waals surface area contributed by atoms with Crippen LogP contribution in [0.4, 0.5) is 0 Å². The minimum Gasteiger partial charge on any atom is -0.491 e. The van der Waals surface area contributed by atoms with E-state index < -0.39 is 12.0 Å². The molecule has 21 heavy (non-hydrogen) atoms. The van der Waals surface area contributed by atoms with Gasteiger partial charge in [0.1, 0.15) is 11.8 Å². The van der Waals surface area contributed by atoms with Gasteiger partial charge in [-0.25, -0.2) is 0 Å². The van der Waals surface area contributed by atoms with Gasteiger partial charge in [0.15, 0.2) is 0 Å². The Balaban J connectivity index is 3.01. The molecule has 1 atom stereocenters. The number of carbonyl (C=O) groups is 1. The summed E-state index contributed by atoms with van der Waals surface area (Å²) >= 11 is 0. The van der Waals surface area contributed by atoms with Gasteiger partial charge in [-0.3, -0.25) is 9.69 Å². The standard InChI is InChI=1S/C17H23NO3/c1-5-11-18(12-6-2)16(17(19)20)14-7-9-15(10-8-14)21-13(3)4/h5-10,13,16H,1-2,11-12H2,3-4H3,(H,19,20). The Morgan fingerprint density at radius 3 is 2.14 bits per heavy atom. The van der Waals surface area contributed by atoms with Crippen LogP contribution in [0.3, 0.4) is 0 Å². The zero-order valence-electron chi connectivity index (χ0n) is 12.7. The fourth-order valence-electron chi connectivity index (χ4n) is 2.13. The van der Waals surface area contributed by atoms with Crippen molar-refractivity contribution in [1.82, 2.24) is 4.90 Å². The Bertz CT molecular complexity index is 469. The number of benzene rings is 1. The quantitative estimate of drug-likeness (QED) is 0.709. The van der Waals surface area contributed by atoms with Crippen LogP contribution in [0.25, 0.3) is 0 Å². The summed E-state index contributed by atoms with van der Waals surface area (Å²) in [4.78, 5) is 13.4. The van der Waals surface area contributed by atoms with Crippen LogP contribution in [0.2, 0.25) is 0 Å². The summed E-state index contributed by atoms with van der Waals surface area (Å²) in [5, 5.41) is 9.52. The highest BCUT2D eigenvalue weighted by Crippen LogP contribution is 2.24. The van der Waals surface area contributed by atoms with E-state index in [9.17, 15) is 9.90 Å². The molecular weight excluding hydrogens is 266 g/mol. The average molecular weight is 289 g/mol. The SMILES string of the molecule is C=CCN(CC=C)C(C(=O)O)c1ccc(OC(C)C)cc1. The molecule has 1 N–H and O–H groups in total. The Kier molecular flexibility index (Phi) is 6.69. The highest BCUT2D eigenvalue weighted by Gasteiger charge is 2.25. The highest BCUT2D eigenvalue weighted by molar-refractivity contribution is 5.75. The van der Waals surface area contributed by atoms with E-state index in [1.807, 2.05) is 13.8 Å². The van der Waals surface area contributed by atoms with Gasteiger partial charge in [-0.15, -0.1) is 13.2 Å². The number of hydrogen-bond donors (Lipinski definition) is 1. The smallest absolute Gasteiger partial charge is 0.325 e. The van der Waals surface area contributed by atoms with Crippen LogP contribution in [0.15, 0.2) is 49.6 Å². The third-order valence-corrected chi connectivity index (χ3v) is 2.89. The van der Waals surface area contributed by atoms with E-state index in [1.54, 1.807) is 41.3 Å². The molecule has 0 aromatic heterocycles.